The average Bonchev–Trinajstić information content (AvgIpc) is 3.01. The fourth-order valence-corrected chi connectivity index (χ4v) is 3.92. The van der Waals surface area contributed by atoms with Gasteiger partial charge in [-0.1, -0.05) is 6.07 Å². The van der Waals surface area contributed by atoms with E-state index in [1.54, 1.807) is 18.0 Å². The molecule has 0 unspecified atom stereocenters. The zero-order valence-electron chi connectivity index (χ0n) is 15.8. The van der Waals surface area contributed by atoms with E-state index >= 15 is 0 Å². The van der Waals surface area contributed by atoms with Gasteiger partial charge < -0.3 is 10.3 Å². The van der Waals surface area contributed by atoms with E-state index in [1.807, 2.05) is 61.7 Å². The number of fused-ring (bicyclic) bond motifs is 1. The number of nitrogens with zero attached hydrogens (tertiary/aromatic N) is 1. The lowest BCUT2D eigenvalue weighted by atomic mass is 10.1. The fourth-order valence-electron chi connectivity index (χ4n) is 3.09. The molecule has 1 amide bonds. The summed E-state index contributed by atoms with van der Waals surface area (Å²) < 4.78 is 0. The monoisotopic (exact) mass is 387 g/mol. The van der Waals surface area contributed by atoms with Gasteiger partial charge in [-0.2, -0.15) is 0 Å². The molecule has 2 aromatic heterocycles. The van der Waals surface area contributed by atoms with Crippen molar-refractivity contribution >= 4 is 34.3 Å². The van der Waals surface area contributed by atoms with Crippen LogP contribution >= 0.6 is 11.8 Å². The number of carbonyl (C=O) groups is 1. The predicted octanol–water partition coefficient (Wildman–Crippen LogP) is 5.72. The molecule has 0 aliphatic heterocycles. The molecule has 4 nitrogen and oxygen atoms in total. The lowest BCUT2D eigenvalue weighted by Gasteiger charge is -2.07. The molecule has 0 aliphatic carbocycles. The molecule has 2 N–H and O–H groups in total. The molecule has 0 fully saturated rings. The molecule has 2 aromatic carbocycles. The van der Waals surface area contributed by atoms with Gasteiger partial charge in [0.1, 0.15) is 0 Å². The largest absolute Gasteiger partial charge is 0.358 e. The number of amides is 1. The molecule has 4 rings (SSSR count). The number of pyridine rings is 1. The Kier molecular flexibility index (Phi) is 5.17. The molecule has 0 saturated heterocycles. The van der Waals surface area contributed by atoms with E-state index in [0.29, 0.717) is 5.56 Å². The lowest BCUT2D eigenvalue weighted by molar-refractivity contribution is 0.102. The highest BCUT2D eigenvalue weighted by atomic mass is 32.2. The van der Waals surface area contributed by atoms with Gasteiger partial charge in [0.05, 0.1) is 0 Å². The van der Waals surface area contributed by atoms with Gasteiger partial charge in [0.25, 0.3) is 5.91 Å². The second kappa shape index (κ2) is 7.90. The topological polar surface area (TPSA) is 57.8 Å². The molecule has 5 heteroatoms. The van der Waals surface area contributed by atoms with E-state index in [1.165, 1.54) is 11.1 Å². The van der Waals surface area contributed by atoms with Gasteiger partial charge in [-0.3, -0.25) is 9.78 Å². The third-order valence-corrected chi connectivity index (χ3v) is 5.89. The van der Waals surface area contributed by atoms with E-state index in [4.69, 9.17) is 0 Å². The van der Waals surface area contributed by atoms with Crippen molar-refractivity contribution < 1.29 is 4.79 Å². The molecule has 0 spiro atoms. The van der Waals surface area contributed by atoms with Crippen molar-refractivity contribution in [3.05, 3.63) is 89.4 Å². The van der Waals surface area contributed by atoms with Crippen LogP contribution in [0.1, 0.15) is 27.2 Å². The zero-order valence-corrected chi connectivity index (χ0v) is 16.6. The summed E-state index contributed by atoms with van der Waals surface area (Å²) in [5.74, 6) is 0.769. The minimum absolute atomic E-state index is 0.101. The Bertz CT molecular complexity index is 1120. The SMILES string of the molecule is Cc1[nH]c2ccc(C(=O)Nc3ccc(SCc4cccnc4)cc3)cc2c1C. The van der Waals surface area contributed by atoms with Crippen molar-refractivity contribution in [3.63, 3.8) is 0 Å². The first kappa shape index (κ1) is 18.3. The molecular formula is C23H21N3OS. The molecule has 28 heavy (non-hydrogen) atoms. The van der Waals surface area contributed by atoms with E-state index in [2.05, 4.69) is 28.3 Å². The molecule has 4 aromatic rings. The molecule has 0 bridgehead atoms. The van der Waals surface area contributed by atoms with Crippen LogP contribution in [-0.2, 0) is 5.75 Å². The Morgan fingerprint density at radius 2 is 1.93 bits per heavy atom. The van der Waals surface area contributed by atoms with Gasteiger partial charge in [-0.15, -0.1) is 11.8 Å². The van der Waals surface area contributed by atoms with Gasteiger partial charge in [0, 0.05) is 50.9 Å². The van der Waals surface area contributed by atoms with Gasteiger partial charge in [-0.05, 0) is 73.5 Å². The van der Waals surface area contributed by atoms with Crippen molar-refractivity contribution in [1.29, 1.82) is 0 Å². The van der Waals surface area contributed by atoms with Crippen LogP contribution in [0.25, 0.3) is 10.9 Å². The van der Waals surface area contributed by atoms with Gasteiger partial charge >= 0.3 is 0 Å². The number of rotatable bonds is 5. The summed E-state index contributed by atoms with van der Waals surface area (Å²) in [5.41, 5.74) is 6.01. The van der Waals surface area contributed by atoms with Crippen LogP contribution in [0.3, 0.4) is 0 Å². The van der Waals surface area contributed by atoms with Crippen molar-refractivity contribution in [3.8, 4) is 0 Å². The van der Waals surface area contributed by atoms with Crippen LogP contribution in [0.15, 0.2) is 71.9 Å². The predicted molar refractivity (Wildman–Crippen MR) is 116 cm³/mol. The van der Waals surface area contributed by atoms with Gasteiger partial charge in [0.2, 0.25) is 0 Å². The summed E-state index contributed by atoms with van der Waals surface area (Å²) in [4.78, 5) is 21.3. The maximum Gasteiger partial charge on any atom is 0.255 e. The minimum Gasteiger partial charge on any atom is -0.358 e. The Hall–Kier alpha value is -3.05. The fraction of sp³-hybridized carbons (Fsp3) is 0.130. The number of hydrogen-bond acceptors (Lipinski definition) is 3. The van der Waals surface area contributed by atoms with Crippen LogP contribution in [0.5, 0.6) is 0 Å². The molecule has 0 aliphatic rings. The second-order valence-corrected chi connectivity index (χ2v) is 7.81. The Balaban J connectivity index is 1.42. The van der Waals surface area contributed by atoms with Crippen LogP contribution < -0.4 is 5.32 Å². The van der Waals surface area contributed by atoms with Crippen LogP contribution in [0.2, 0.25) is 0 Å². The lowest BCUT2D eigenvalue weighted by Crippen LogP contribution is -2.11. The Labute approximate surface area is 168 Å². The standard InChI is InChI=1S/C23H21N3OS/c1-15-16(2)25-22-10-5-18(12-21(15)22)23(27)26-19-6-8-20(9-7-19)28-14-17-4-3-11-24-13-17/h3-13,25H,14H2,1-2H3,(H,26,27). The first-order valence-electron chi connectivity index (χ1n) is 9.12. The highest BCUT2D eigenvalue weighted by molar-refractivity contribution is 7.98. The van der Waals surface area contributed by atoms with Crippen LogP contribution in [-0.4, -0.2) is 15.9 Å². The maximum atomic E-state index is 12.6. The average molecular weight is 388 g/mol. The van der Waals surface area contributed by atoms with E-state index in [0.717, 1.165) is 32.9 Å². The minimum atomic E-state index is -0.101. The number of anilines is 1. The summed E-state index contributed by atoms with van der Waals surface area (Å²) in [6.45, 7) is 4.11. The third-order valence-electron chi connectivity index (χ3n) is 4.81. The van der Waals surface area contributed by atoms with Crippen molar-refractivity contribution in [2.24, 2.45) is 0 Å². The molecule has 0 atom stereocenters. The number of hydrogen-bond donors (Lipinski definition) is 2. The van der Waals surface area contributed by atoms with Gasteiger partial charge in [-0.25, -0.2) is 0 Å². The summed E-state index contributed by atoms with van der Waals surface area (Å²) in [6.07, 6.45) is 3.66. The zero-order chi connectivity index (χ0) is 19.5. The van der Waals surface area contributed by atoms with Gasteiger partial charge in [0.15, 0.2) is 0 Å². The number of benzene rings is 2. The molecule has 0 saturated carbocycles. The van der Waals surface area contributed by atoms with E-state index in [-0.39, 0.29) is 5.91 Å². The number of aromatic nitrogens is 2. The van der Waals surface area contributed by atoms with Crippen molar-refractivity contribution in [2.45, 2.75) is 24.5 Å². The Morgan fingerprint density at radius 1 is 1.11 bits per heavy atom. The first-order chi connectivity index (χ1) is 13.6. The van der Waals surface area contributed by atoms with E-state index < -0.39 is 0 Å². The quantitative estimate of drug-likeness (QED) is 0.430. The number of nitrogens with one attached hydrogen (secondary N) is 2. The van der Waals surface area contributed by atoms with Crippen LogP contribution in [0.4, 0.5) is 5.69 Å². The number of H-pyrrole nitrogens is 1. The summed E-state index contributed by atoms with van der Waals surface area (Å²) in [6, 6.07) is 17.7. The first-order valence-corrected chi connectivity index (χ1v) is 10.1. The smallest absolute Gasteiger partial charge is 0.255 e. The summed E-state index contributed by atoms with van der Waals surface area (Å²) >= 11 is 1.75. The second-order valence-electron chi connectivity index (χ2n) is 6.76. The number of thioether (sulfide) groups is 1. The summed E-state index contributed by atoms with van der Waals surface area (Å²) in [7, 11) is 0. The molecule has 2 heterocycles. The molecular weight excluding hydrogens is 366 g/mol. The highest BCUT2D eigenvalue weighted by Crippen LogP contribution is 2.25. The molecule has 0 radical (unpaired) electrons. The van der Waals surface area contributed by atoms with E-state index in [9.17, 15) is 4.79 Å². The Morgan fingerprint density at radius 3 is 2.68 bits per heavy atom. The van der Waals surface area contributed by atoms with Crippen molar-refractivity contribution in [2.75, 3.05) is 5.32 Å². The number of carbonyl (C=O) groups excluding carboxylic acids is 1. The number of aromatic amines is 1. The third kappa shape index (κ3) is 3.94. The number of aryl methyl sites for hydroxylation is 2. The van der Waals surface area contributed by atoms with Crippen molar-refractivity contribution in [1.82, 2.24) is 9.97 Å². The summed E-state index contributed by atoms with van der Waals surface area (Å²) in [5, 5.41) is 4.07. The highest BCUT2D eigenvalue weighted by Gasteiger charge is 2.10. The van der Waals surface area contributed by atoms with Crippen LogP contribution in [0, 0.1) is 13.8 Å². The molecule has 140 valence electrons. The normalized spacial score (nSPS) is 10.9. The maximum absolute atomic E-state index is 12.6.